The molecule has 2 rings (SSSR count). The van der Waals surface area contributed by atoms with Crippen molar-refractivity contribution < 1.29 is 9.50 Å². The van der Waals surface area contributed by atoms with E-state index in [0.29, 0.717) is 12.3 Å². The summed E-state index contributed by atoms with van der Waals surface area (Å²) < 4.78 is 13.5. The number of aliphatic hydroxyl groups is 1. The highest BCUT2D eigenvalue weighted by molar-refractivity contribution is 5.24. The molecule has 1 aromatic rings. The zero-order chi connectivity index (χ0) is 13.9. The number of rotatable bonds is 4. The number of benzene rings is 1. The Bertz CT molecular complexity index is 417. The Labute approximate surface area is 115 Å². The topological polar surface area (TPSA) is 20.2 Å². The van der Waals surface area contributed by atoms with Crippen LogP contribution in [0.25, 0.3) is 0 Å². The van der Waals surface area contributed by atoms with Gasteiger partial charge in [0.25, 0.3) is 0 Å². The Balaban J connectivity index is 2.35. The van der Waals surface area contributed by atoms with Crippen molar-refractivity contribution in [3.05, 3.63) is 35.6 Å². The molecule has 3 unspecified atom stereocenters. The molecule has 1 aliphatic carbocycles. The minimum Gasteiger partial charge on any atom is -0.385 e. The molecule has 0 radical (unpaired) electrons. The van der Waals surface area contributed by atoms with Gasteiger partial charge in [-0.1, -0.05) is 51.7 Å². The van der Waals surface area contributed by atoms with Crippen molar-refractivity contribution >= 4 is 0 Å². The standard InChI is InChI=1S/C17H25FO/c1-3-13-8-5-6-11-16(13)17(19,4-2)14-9-7-10-15(18)12-14/h7,9-10,12-13,16,19H,3-6,8,11H2,1-2H3. The van der Waals surface area contributed by atoms with Gasteiger partial charge in [0.2, 0.25) is 0 Å². The van der Waals surface area contributed by atoms with E-state index in [4.69, 9.17) is 0 Å². The van der Waals surface area contributed by atoms with Gasteiger partial charge >= 0.3 is 0 Å². The maximum absolute atomic E-state index is 13.5. The lowest BCUT2D eigenvalue weighted by Gasteiger charge is -2.43. The van der Waals surface area contributed by atoms with Crippen LogP contribution in [0.15, 0.2) is 24.3 Å². The molecule has 1 fully saturated rings. The van der Waals surface area contributed by atoms with Crippen molar-refractivity contribution in [3.63, 3.8) is 0 Å². The maximum atomic E-state index is 13.5. The van der Waals surface area contributed by atoms with Crippen molar-refractivity contribution in [2.45, 2.75) is 58.0 Å². The summed E-state index contributed by atoms with van der Waals surface area (Å²) in [5, 5.41) is 11.2. The first-order chi connectivity index (χ1) is 9.11. The SMILES string of the molecule is CCC1CCCCC1C(O)(CC)c1cccc(F)c1. The van der Waals surface area contributed by atoms with E-state index in [1.54, 1.807) is 6.07 Å². The third-order valence-electron chi connectivity index (χ3n) is 4.91. The molecular formula is C17H25FO. The van der Waals surface area contributed by atoms with Gasteiger partial charge in [-0.3, -0.25) is 0 Å². The first-order valence-electron chi connectivity index (χ1n) is 7.60. The zero-order valence-electron chi connectivity index (χ0n) is 12.0. The molecule has 0 amide bonds. The molecule has 0 bridgehead atoms. The van der Waals surface area contributed by atoms with Gasteiger partial charge in [-0.05, 0) is 42.4 Å². The molecule has 1 aromatic carbocycles. The van der Waals surface area contributed by atoms with Gasteiger partial charge < -0.3 is 5.11 Å². The Morgan fingerprint density at radius 2 is 2.00 bits per heavy atom. The highest BCUT2D eigenvalue weighted by atomic mass is 19.1. The zero-order valence-corrected chi connectivity index (χ0v) is 12.0. The van der Waals surface area contributed by atoms with Crippen molar-refractivity contribution in [1.82, 2.24) is 0 Å². The Hall–Kier alpha value is -0.890. The van der Waals surface area contributed by atoms with Crippen LogP contribution in [0, 0.1) is 17.7 Å². The summed E-state index contributed by atoms with van der Waals surface area (Å²) in [6.45, 7) is 4.21. The summed E-state index contributed by atoms with van der Waals surface area (Å²) in [4.78, 5) is 0. The molecule has 0 aliphatic heterocycles. The Kier molecular flexibility index (Phi) is 4.62. The average molecular weight is 264 g/mol. The molecule has 2 heteroatoms. The van der Waals surface area contributed by atoms with Crippen molar-refractivity contribution in [3.8, 4) is 0 Å². The van der Waals surface area contributed by atoms with Crippen LogP contribution in [0.5, 0.6) is 0 Å². The van der Waals surface area contributed by atoms with E-state index in [9.17, 15) is 9.50 Å². The summed E-state index contributed by atoms with van der Waals surface area (Å²) in [5.74, 6) is 0.563. The normalized spacial score (nSPS) is 26.9. The van der Waals surface area contributed by atoms with Crippen LogP contribution in [-0.2, 0) is 5.60 Å². The fourth-order valence-electron chi connectivity index (χ4n) is 3.76. The number of hydrogen-bond acceptors (Lipinski definition) is 1. The Morgan fingerprint density at radius 1 is 1.26 bits per heavy atom. The van der Waals surface area contributed by atoms with Crippen LogP contribution in [0.2, 0.25) is 0 Å². The number of halogens is 1. The van der Waals surface area contributed by atoms with Crippen LogP contribution in [0.4, 0.5) is 4.39 Å². The highest BCUT2D eigenvalue weighted by Crippen LogP contribution is 2.45. The van der Waals surface area contributed by atoms with Gasteiger partial charge in [-0.25, -0.2) is 4.39 Å². The van der Waals surface area contributed by atoms with Crippen molar-refractivity contribution in [2.24, 2.45) is 11.8 Å². The van der Waals surface area contributed by atoms with Crippen LogP contribution < -0.4 is 0 Å². The largest absolute Gasteiger partial charge is 0.385 e. The van der Waals surface area contributed by atoms with Crippen molar-refractivity contribution in [1.29, 1.82) is 0 Å². The summed E-state index contributed by atoms with van der Waals surface area (Å²) in [7, 11) is 0. The molecule has 19 heavy (non-hydrogen) atoms. The van der Waals surface area contributed by atoms with Crippen LogP contribution >= 0.6 is 0 Å². The van der Waals surface area contributed by atoms with Crippen LogP contribution in [0.3, 0.4) is 0 Å². The summed E-state index contributed by atoms with van der Waals surface area (Å²) in [6, 6.07) is 6.52. The van der Waals surface area contributed by atoms with E-state index in [-0.39, 0.29) is 11.7 Å². The van der Waals surface area contributed by atoms with E-state index in [1.165, 1.54) is 31.4 Å². The number of hydrogen-bond donors (Lipinski definition) is 1. The van der Waals surface area contributed by atoms with Gasteiger partial charge in [0.1, 0.15) is 5.82 Å². The average Bonchev–Trinajstić information content (AvgIpc) is 2.46. The van der Waals surface area contributed by atoms with Gasteiger partial charge in [0.05, 0.1) is 5.60 Å². The lowest BCUT2D eigenvalue weighted by Crippen LogP contribution is -2.40. The molecule has 1 saturated carbocycles. The molecule has 0 spiro atoms. The molecule has 0 saturated heterocycles. The molecule has 1 N–H and O–H groups in total. The maximum Gasteiger partial charge on any atom is 0.123 e. The lowest BCUT2D eigenvalue weighted by atomic mass is 9.66. The fraction of sp³-hybridized carbons (Fsp3) is 0.647. The molecule has 106 valence electrons. The van der Waals surface area contributed by atoms with Crippen molar-refractivity contribution in [2.75, 3.05) is 0 Å². The predicted molar refractivity (Wildman–Crippen MR) is 76.3 cm³/mol. The van der Waals surface area contributed by atoms with E-state index in [1.807, 2.05) is 13.0 Å². The van der Waals surface area contributed by atoms with Gasteiger partial charge in [0.15, 0.2) is 0 Å². The second-order valence-electron chi connectivity index (χ2n) is 5.85. The van der Waals surface area contributed by atoms with Gasteiger partial charge in [-0.15, -0.1) is 0 Å². The molecule has 3 atom stereocenters. The van der Waals surface area contributed by atoms with Crippen LogP contribution in [-0.4, -0.2) is 5.11 Å². The predicted octanol–water partition coefficient (Wildman–Crippen LogP) is 4.64. The minimum absolute atomic E-state index is 0.256. The lowest BCUT2D eigenvalue weighted by molar-refractivity contribution is -0.0675. The Morgan fingerprint density at radius 3 is 2.63 bits per heavy atom. The molecule has 0 aromatic heterocycles. The molecule has 0 heterocycles. The second kappa shape index (κ2) is 6.04. The monoisotopic (exact) mass is 264 g/mol. The molecular weight excluding hydrogens is 239 g/mol. The van der Waals surface area contributed by atoms with E-state index < -0.39 is 5.60 Å². The van der Waals surface area contributed by atoms with Gasteiger partial charge in [0, 0.05) is 0 Å². The first kappa shape index (κ1) is 14.5. The van der Waals surface area contributed by atoms with Gasteiger partial charge in [-0.2, -0.15) is 0 Å². The molecule has 1 nitrogen and oxygen atoms in total. The van der Waals surface area contributed by atoms with E-state index in [0.717, 1.165) is 18.4 Å². The molecule has 1 aliphatic rings. The van der Waals surface area contributed by atoms with E-state index in [2.05, 4.69) is 6.92 Å². The summed E-state index contributed by atoms with van der Waals surface area (Å²) in [5.41, 5.74) is -0.122. The second-order valence-corrected chi connectivity index (χ2v) is 5.85. The quantitative estimate of drug-likeness (QED) is 0.840. The smallest absolute Gasteiger partial charge is 0.123 e. The fourth-order valence-corrected chi connectivity index (χ4v) is 3.76. The highest BCUT2D eigenvalue weighted by Gasteiger charge is 2.41. The van der Waals surface area contributed by atoms with E-state index >= 15 is 0 Å². The summed E-state index contributed by atoms with van der Waals surface area (Å²) >= 11 is 0. The first-order valence-corrected chi connectivity index (χ1v) is 7.60. The summed E-state index contributed by atoms with van der Waals surface area (Å²) in [6.07, 6.45) is 6.44. The third kappa shape index (κ3) is 2.84. The van der Waals surface area contributed by atoms with Crippen LogP contribution in [0.1, 0.15) is 57.9 Å². The minimum atomic E-state index is -0.872. The third-order valence-corrected chi connectivity index (χ3v) is 4.91.